The van der Waals surface area contributed by atoms with Gasteiger partial charge in [0.1, 0.15) is 5.78 Å². The number of ketones is 1. The van der Waals surface area contributed by atoms with Crippen molar-refractivity contribution in [2.24, 2.45) is 11.8 Å². The second-order valence-corrected chi connectivity index (χ2v) is 11.0. The third-order valence-electron chi connectivity index (χ3n) is 6.74. The van der Waals surface area contributed by atoms with Crippen molar-refractivity contribution in [3.8, 4) is 0 Å². The fourth-order valence-electron chi connectivity index (χ4n) is 5.17. The Kier molecular flexibility index (Phi) is 6.02. The quantitative estimate of drug-likeness (QED) is 0.342. The monoisotopic (exact) mass is 483 g/mol. The zero-order valence-electron chi connectivity index (χ0n) is 16.8. The third-order valence-corrected chi connectivity index (χ3v) is 8.89. The van der Waals surface area contributed by atoms with Crippen molar-refractivity contribution in [3.63, 3.8) is 0 Å². The summed E-state index contributed by atoms with van der Waals surface area (Å²) in [6.07, 6.45) is 10.9. The van der Waals surface area contributed by atoms with E-state index < -0.39 is 0 Å². The molecule has 0 amide bonds. The summed E-state index contributed by atoms with van der Waals surface area (Å²) in [4.78, 5) is 26.7. The van der Waals surface area contributed by atoms with Gasteiger partial charge in [0.05, 0.1) is 0 Å². The minimum atomic E-state index is 0.167. The van der Waals surface area contributed by atoms with Gasteiger partial charge in [-0.2, -0.15) is 0 Å². The van der Waals surface area contributed by atoms with E-state index in [0.29, 0.717) is 23.8 Å². The molecule has 6 heteroatoms. The molecule has 0 spiro atoms. The predicted octanol–water partition coefficient (Wildman–Crippen LogP) is 0.262. The first-order valence-electron chi connectivity index (χ1n) is 10.5. The van der Waals surface area contributed by atoms with Crippen LogP contribution in [-0.2, 0) is 4.79 Å². The number of rotatable bonds is 5. The molecule has 2 unspecified atom stereocenters. The van der Waals surface area contributed by atoms with E-state index in [2.05, 4.69) is 25.3 Å². The SMILES string of the molecule is C[I-]N1CC2CCC(C1)N2c1ncc(C2CCC(C(=O)C(C)C)CC2)cn1. The van der Waals surface area contributed by atoms with E-state index in [1.165, 1.54) is 31.5 Å². The number of hydrogen-bond donors (Lipinski definition) is 0. The van der Waals surface area contributed by atoms with Gasteiger partial charge in [0.25, 0.3) is 0 Å². The van der Waals surface area contributed by atoms with Gasteiger partial charge in [-0.1, -0.05) is 13.8 Å². The molecule has 0 aromatic carbocycles. The van der Waals surface area contributed by atoms with Crippen molar-refractivity contribution < 1.29 is 26.3 Å². The minimum absolute atomic E-state index is 0.167. The van der Waals surface area contributed by atoms with Crippen molar-refractivity contribution in [3.05, 3.63) is 18.0 Å². The zero-order valence-corrected chi connectivity index (χ0v) is 18.9. The third kappa shape index (κ3) is 4.02. The number of halogens is 1. The van der Waals surface area contributed by atoms with Crippen LogP contribution in [0.4, 0.5) is 5.95 Å². The molecule has 3 heterocycles. The molecule has 1 aromatic heterocycles. The van der Waals surface area contributed by atoms with Gasteiger partial charge in [0, 0.05) is 5.92 Å². The van der Waals surface area contributed by atoms with E-state index in [4.69, 9.17) is 9.97 Å². The number of piperazine rings is 1. The molecule has 0 radical (unpaired) electrons. The van der Waals surface area contributed by atoms with E-state index in [0.717, 1.165) is 31.6 Å². The average Bonchev–Trinajstić information content (AvgIpc) is 2.97. The van der Waals surface area contributed by atoms with Crippen LogP contribution >= 0.6 is 0 Å². The Morgan fingerprint density at radius 3 is 2.15 bits per heavy atom. The first kappa shape index (κ1) is 19.6. The van der Waals surface area contributed by atoms with Crippen LogP contribution in [0.25, 0.3) is 0 Å². The molecule has 3 aliphatic rings. The Morgan fingerprint density at radius 1 is 1.04 bits per heavy atom. The Bertz CT molecular complexity index is 643. The molecule has 2 saturated heterocycles. The summed E-state index contributed by atoms with van der Waals surface area (Å²) in [5.74, 6) is 2.34. The number of nitrogens with zero attached hydrogens (tertiary/aromatic N) is 4. The molecule has 2 bridgehead atoms. The Labute approximate surface area is 173 Å². The van der Waals surface area contributed by atoms with Crippen molar-refractivity contribution in [2.75, 3.05) is 22.9 Å². The van der Waals surface area contributed by atoms with Crippen LogP contribution in [-0.4, -0.2) is 49.0 Å². The van der Waals surface area contributed by atoms with Crippen LogP contribution in [0.3, 0.4) is 0 Å². The van der Waals surface area contributed by atoms with Gasteiger partial charge in [-0.15, -0.1) is 0 Å². The van der Waals surface area contributed by atoms with Crippen molar-refractivity contribution in [1.82, 2.24) is 13.1 Å². The molecule has 2 aliphatic heterocycles. The number of aromatic nitrogens is 2. The molecule has 1 saturated carbocycles. The molecular weight excluding hydrogens is 451 g/mol. The number of anilines is 1. The second kappa shape index (κ2) is 8.31. The molecule has 27 heavy (non-hydrogen) atoms. The zero-order chi connectivity index (χ0) is 19.0. The van der Waals surface area contributed by atoms with Gasteiger partial charge in [-0.05, 0) is 0 Å². The molecule has 5 nitrogen and oxygen atoms in total. The fourth-order valence-corrected chi connectivity index (χ4v) is 6.87. The van der Waals surface area contributed by atoms with E-state index in [1.54, 1.807) is 0 Å². The number of fused-ring (bicyclic) bond motifs is 2. The van der Waals surface area contributed by atoms with Gasteiger partial charge < -0.3 is 0 Å². The summed E-state index contributed by atoms with van der Waals surface area (Å²) >= 11 is 0.197. The van der Waals surface area contributed by atoms with Gasteiger partial charge in [0.15, 0.2) is 0 Å². The molecule has 1 aliphatic carbocycles. The van der Waals surface area contributed by atoms with Crippen LogP contribution in [0.2, 0.25) is 0 Å². The number of hydrogen-bond acceptors (Lipinski definition) is 5. The maximum absolute atomic E-state index is 12.2. The first-order valence-corrected chi connectivity index (χ1v) is 13.6. The average molecular weight is 483 g/mol. The van der Waals surface area contributed by atoms with E-state index >= 15 is 0 Å². The van der Waals surface area contributed by atoms with Gasteiger partial charge in [-0.25, -0.2) is 0 Å². The molecule has 150 valence electrons. The number of alkyl halides is 1. The standard InChI is InChI=1S/C21H32IN4O/c1-14(2)20(27)16-6-4-15(5-7-16)17-10-23-21(24-11-17)26-18-8-9-19(26)13-25(12-18)22-3/h10-11,14-16,18-19H,4-9,12-13H2,1-3H3/q-1. The molecule has 3 fully saturated rings. The van der Waals surface area contributed by atoms with Crippen molar-refractivity contribution >= 4 is 11.7 Å². The molecule has 4 rings (SSSR count). The van der Waals surface area contributed by atoms with Gasteiger partial charge in [0.2, 0.25) is 0 Å². The van der Waals surface area contributed by atoms with Crippen molar-refractivity contribution in [2.45, 2.75) is 70.4 Å². The van der Waals surface area contributed by atoms with Gasteiger partial charge in [-0.3, -0.25) is 4.79 Å². The Hall–Kier alpha value is -0.760. The topological polar surface area (TPSA) is 49.3 Å². The van der Waals surface area contributed by atoms with E-state index in [1.807, 2.05) is 13.8 Å². The van der Waals surface area contributed by atoms with Crippen LogP contribution in [0.5, 0.6) is 0 Å². The molecular formula is C21H32IN4O-. The summed E-state index contributed by atoms with van der Waals surface area (Å²) in [6, 6.07) is 1.21. The second-order valence-electron chi connectivity index (χ2n) is 8.71. The van der Waals surface area contributed by atoms with E-state index in [-0.39, 0.29) is 33.3 Å². The number of Topliss-reactive ketones (excluding diaryl/α,β-unsaturated/α-hetero) is 1. The molecule has 1 aromatic rings. The first-order chi connectivity index (χ1) is 13.1. The predicted molar refractivity (Wildman–Crippen MR) is 103 cm³/mol. The summed E-state index contributed by atoms with van der Waals surface area (Å²) < 4.78 is 2.67. The van der Waals surface area contributed by atoms with Crippen LogP contribution in [0, 0.1) is 11.8 Å². The Morgan fingerprint density at radius 2 is 1.63 bits per heavy atom. The van der Waals surface area contributed by atoms with Crippen LogP contribution in [0.1, 0.15) is 63.9 Å². The fraction of sp³-hybridized carbons (Fsp3) is 0.762. The normalized spacial score (nSPS) is 31.6. The number of carbonyl (C=O) groups is 1. The molecule has 2 atom stereocenters. The van der Waals surface area contributed by atoms with Crippen LogP contribution in [0.15, 0.2) is 12.4 Å². The van der Waals surface area contributed by atoms with E-state index in [9.17, 15) is 4.79 Å². The van der Waals surface area contributed by atoms with Gasteiger partial charge >= 0.3 is 144 Å². The van der Waals surface area contributed by atoms with Crippen LogP contribution < -0.4 is 26.4 Å². The summed E-state index contributed by atoms with van der Waals surface area (Å²) in [5, 5.41) is 0. The maximum atomic E-state index is 12.2. The summed E-state index contributed by atoms with van der Waals surface area (Å²) in [6.45, 7) is 6.44. The Balaban J connectivity index is 1.38. The number of carbonyl (C=O) groups excluding carboxylic acids is 1. The van der Waals surface area contributed by atoms with Crippen molar-refractivity contribution in [1.29, 1.82) is 0 Å². The summed E-state index contributed by atoms with van der Waals surface area (Å²) in [7, 11) is 0. The molecule has 0 N–H and O–H groups in total. The summed E-state index contributed by atoms with van der Waals surface area (Å²) in [5.41, 5.74) is 1.26.